The van der Waals surface area contributed by atoms with Crippen molar-refractivity contribution in [3.63, 3.8) is 0 Å². The Hall–Kier alpha value is -4.21. The molecular formula is C25H21ClF5N7O4. The van der Waals surface area contributed by atoms with Gasteiger partial charge in [-0.2, -0.15) is 18.3 Å². The third-order valence-electron chi connectivity index (χ3n) is 7.81. The van der Waals surface area contributed by atoms with Crippen molar-refractivity contribution in [1.82, 2.24) is 29.5 Å². The smallest absolute Gasteiger partial charge is 0.435 e. The van der Waals surface area contributed by atoms with Crippen molar-refractivity contribution in [3.05, 3.63) is 52.7 Å². The zero-order valence-corrected chi connectivity index (χ0v) is 22.2. The van der Waals surface area contributed by atoms with Gasteiger partial charge in [0, 0.05) is 56.3 Å². The molecule has 3 aliphatic rings. The highest BCUT2D eigenvalue weighted by Gasteiger charge is 2.60. The third-order valence-corrected chi connectivity index (χ3v) is 8.13. The minimum atomic E-state index is -4.95. The molecule has 0 bridgehead atoms. The number of nitrogens with zero attached hydrogens (tertiary/aromatic N) is 5. The summed E-state index contributed by atoms with van der Waals surface area (Å²) in [6, 6.07) is 2.47. The van der Waals surface area contributed by atoms with Crippen molar-refractivity contribution < 1.29 is 41.4 Å². The number of halogens is 6. The van der Waals surface area contributed by atoms with E-state index in [0.29, 0.717) is 17.8 Å². The van der Waals surface area contributed by atoms with Crippen LogP contribution in [0.25, 0.3) is 11.3 Å². The normalized spacial score (nSPS) is 23.8. The number of amides is 3. The van der Waals surface area contributed by atoms with Crippen molar-refractivity contribution in [1.29, 1.82) is 0 Å². The van der Waals surface area contributed by atoms with Gasteiger partial charge in [-0.25, -0.2) is 18.6 Å². The fourth-order valence-electron chi connectivity index (χ4n) is 5.39. The maximum absolute atomic E-state index is 13.7. The molecule has 222 valence electrons. The highest BCUT2D eigenvalue weighted by molar-refractivity contribution is 6.34. The van der Waals surface area contributed by atoms with Crippen LogP contribution < -0.4 is 10.6 Å². The standard InChI is InChI=1S/C25H21ClF5N7O4/c1-36-16(14-9-38(17-5-24(17,27)28)35-19(14)25(29,30)31)6-32-20(36)22(40)33-10-2-3-11(15(26)4-10)21(39)34-18-12-7-37(23(41)42)8-13(12)18/h2-4,6,9,12-13,17-18H,5,7-8H2,1H3,(H,33,40)(H,34,39)(H,41,42)/t12-,13+,17-,18-/m0/s1. The second-order valence-electron chi connectivity index (χ2n) is 10.5. The molecule has 3 amide bonds. The number of nitrogens with one attached hydrogen (secondary N) is 2. The molecule has 1 aliphatic heterocycles. The van der Waals surface area contributed by atoms with Crippen molar-refractivity contribution in [2.45, 2.75) is 30.6 Å². The lowest BCUT2D eigenvalue weighted by molar-refractivity contribution is -0.141. The molecule has 0 radical (unpaired) electrons. The maximum Gasteiger partial charge on any atom is 0.435 e. The predicted octanol–water partition coefficient (Wildman–Crippen LogP) is 4.13. The topological polar surface area (TPSA) is 134 Å². The van der Waals surface area contributed by atoms with Gasteiger partial charge in [0.15, 0.2) is 11.5 Å². The minimum absolute atomic E-state index is 0.0166. The van der Waals surface area contributed by atoms with Crippen molar-refractivity contribution >= 4 is 35.2 Å². The van der Waals surface area contributed by atoms with E-state index in [2.05, 4.69) is 20.7 Å². The summed E-state index contributed by atoms with van der Waals surface area (Å²) >= 11 is 6.28. The van der Waals surface area contributed by atoms with Crippen LogP contribution in [0, 0.1) is 11.8 Å². The van der Waals surface area contributed by atoms with Gasteiger partial charge in [-0.1, -0.05) is 11.6 Å². The summed E-state index contributed by atoms with van der Waals surface area (Å²) in [5.74, 6) is -4.61. The molecule has 17 heteroatoms. The first-order chi connectivity index (χ1) is 19.7. The van der Waals surface area contributed by atoms with Crippen molar-refractivity contribution in [2.75, 3.05) is 18.4 Å². The minimum Gasteiger partial charge on any atom is -0.465 e. The molecule has 0 spiro atoms. The Morgan fingerprint density at radius 1 is 1.14 bits per heavy atom. The Labute approximate surface area is 238 Å². The van der Waals surface area contributed by atoms with Gasteiger partial charge in [0.05, 0.1) is 28.0 Å². The lowest BCUT2D eigenvalue weighted by atomic mass is 10.2. The molecule has 0 unspecified atom stereocenters. The molecule has 2 saturated carbocycles. The molecule has 1 aromatic carbocycles. The maximum atomic E-state index is 13.7. The fraction of sp³-hybridized carbons (Fsp3) is 0.400. The summed E-state index contributed by atoms with van der Waals surface area (Å²) in [6.07, 6.45) is -4.69. The number of hydrogen-bond donors (Lipinski definition) is 3. The monoisotopic (exact) mass is 613 g/mol. The molecule has 4 atom stereocenters. The molecule has 11 nitrogen and oxygen atoms in total. The van der Waals surface area contributed by atoms with Gasteiger partial charge in [-0.15, -0.1) is 0 Å². The Kier molecular flexibility index (Phi) is 6.25. The van der Waals surface area contributed by atoms with Crippen LogP contribution in [0.15, 0.2) is 30.6 Å². The first-order valence-corrected chi connectivity index (χ1v) is 13.0. The first-order valence-electron chi connectivity index (χ1n) is 12.6. The number of anilines is 1. The van der Waals surface area contributed by atoms with Crippen LogP contribution in [0.1, 0.15) is 39.1 Å². The Bertz CT molecular complexity index is 1630. The van der Waals surface area contributed by atoms with E-state index >= 15 is 0 Å². The van der Waals surface area contributed by atoms with E-state index < -0.39 is 53.7 Å². The van der Waals surface area contributed by atoms with E-state index in [4.69, 9.17) is 16.7 Å². The molecule has 3 aromatic rings. The van der Waals surface area contributed by atoms with Gasteiger partial charge in [0.2, 0.25) is 0 Å². The van der Waals surface area contributed by atoms with Crippen LogP contribution >= 0.6 is 11.6 Å². The molecule has 2 aliphatic carbocycles. The van der Waals surface area contributed by atoms with Crippen LogP contribution in [-0.4, -0.2) is 72.3 Å². The van der Waals surface area contributed by atoms with Crippen LogP contribution in [-0.2, 0) is 13.2 Å². The lowest BCUT2D eigenvalue weighted by Gasteiger charge is -2.16. The van der Waals surface area contributed by atoms with Gasteiger partial charge < -0.3 is 25.2 Å². The number of imidazole rings is 1. The summed E-state index contributed by atoms with van der Waals surface area (Å²) in [6.45, 7) is 0.684. The number of likely N-dealkylation sites (tertiary alicyclic amines) is 1. The number of aromatic nitrogens is 4. The molecule has 6 rings (SSSR count). The summed E-state index contributed by atoms with van der Waals surface area (Å²) < 4.78 is 69.7. The highest BCUT2D eigenvalue weighted by Crippen LogP contribution is 2.53. The molecular weight excluding hydrogens is 593 g/mol. The van der Waals surface area contributed by atoms with Crippen molar-refractivity contribution in [3.8, 4) is 11.3 Å². The second kappa shape index (κ2) is 9.40. The Morgan fingerprint density at radius 3 is 2.38 bits per heavy atom. The van der Waals surface area contributed by atoms with Gasteiger partial charge in [0.25, 0.3) is 17.7 Å². The number of alkyl halides is 5. The van der Waals surface area contributed by atoms with Gasteiger partial charge in [-0.05, 0) is 18.2 Å². The second-order valence-corrected chi connectivity index (χ2v) is 10.9. The SMILES string of the molecule is Cn1c(-c2cn([C@H]3CC3(F)F)nc2C(F)(F)F)cnc1C(=O)Nc1ccc(C(=O)N[C@@H]2[C@@H]3CN(C(=O)O)C[C@@H]32)c(Cl)c1. The number of hydrogen-bond acceptors (Lipinski definition) is 5. The van der Waals surface area contributed by atoms with E-state index in [-0.39, 0.29) is 45.7 Å². The average molecular weight is 614 g/mol. The third kappa shape index (κ3) is 4.82. The number of carbonyl (C=O) groups excluding carboxylic acids is 2. The van der Waals surface area contributed by atoms with Gasteiger partial charge >= 0.3 is 12.3 Å². The molecule has 42 heavy (non-hydrogen) atoms. The van der Waals surface area contributed by atoms with E-state index in [1.54, 1.807) is 0 Å². The molecule has 1 saturated heterocycles. The predicted molar refractivity (Wildman–Crippen MR) is 135 cm³/mol. The summed E-state index contributed by atoms with van der Waals surface area (Å²) in [7, 11) is 1.30. The van der Waals surface area contributed by atoms with E-state index in [1.807, 2.05) is 0 Å². The largest absolute Gasteiger partial charge is 0.465 e. The van der Waals surface area contributed by atoms with Crippen LogP contribution in [0.4, 0.5) is 32.4 Å². The highest BCUT2D eigenvalue weighted by atomic mass is 35.5. The molecule has 2 aromatic heterocycles. The summed E-state index contributed by atoms with van der Waals surface area (Å²) in [5, 5.41) is 17.8. The number of benzene rings is 1. The van der Waals surface area contributed by atoms with E-state index in [1.165, 1.54) is 30.1 Å². The van der Waals surface area contributed by atoms with Gasteiger partial charge in [0.1, 0.15) is 6.04 Å². The van der Waals surface area contributed by atoms with Crippen LogP contribution in [0.3, 0.4) is 0 Å². The van der Waals surface area contributed by atoms with Crippen LogP contribution in [0.2, 0.25) is 5.02 Å². The van der Waals surface area contributed by atoms with Crippen LogP contribution in [0.5, 0.6) is 0 Å². The number of carbonyl (C=O) groups is 3. The number of fused-ring (bicyclic) bond motifs is 1. The van der Waals surface area contributed by atoms with Gasteiger partial charge in [-0.3, -0.25) is 14.3 Å². The Morgan fingerprint density at radius 2 is 1.81 bits per heavy atom. The zero-order chi connectivity index (χ0) is 30.3. The molecule has 3 heterocycles. The van der Waals surface area contributed by atoms with Crippen molar-refractivity contribution in [2.24, 2.45) is 18.9 Å². The number of piperidine rings is 1. The quantitative estimate of drug-likeness (QED) is 0.358. The zero-order valence-electron chi connectivity index (χ0n) is 21.5. The Balaban J connectivity index is 1.15. The number of rotatable bonds is 6. The molecule has 3 N–H and O–H groups in total. The summed E-state index contributed by atoms with van der Waals surface area (Å²) in [5.41, 5.74) is -1.75. The van der Waals surface area contributed by atoms with E-state index in [0.717, 1.165) is 17.0 Å². The fourth-order valence-corrected chi connectivity index (χ4v) is 5.66. The first kappa shape index (κ1) is 27.9. The van der Waals surface area contributed by atoms with E-state index in [9.17, 15) is 36.3 Å². The number of carboxylic acid groups (broad SMARTS) is 1. The summed E-state index contributed by atoms with van der Waals surface area (Å²) in [4.78, 5) is 41.9. The average Bonchev–Trinajstić information content (AvgIpc) is 3.42. The lowest BCUT2D eigenvalue weighted by Crippen LogP contribution is -2.36. The molecule has 3 fully saturated rings.